The van der Waals surface area contributed by atoms with Crippen LogP contribution in [0.4, 0.5) is 0 Å². The van der Waals surface area contributed by atoms with Crippen molar-refractivity contribution in [3.05, 3.63) is 83.5 Å². The maximum absolute atomic E-state index is 12.1. The molecule has 0 aliphatic carbocycles. The van der Waals surface area contributed by atoms with Crippen molar-refractivity contribution in [1.82, 2.24) is 10.3 Å². The van der Waals surface area contributed by atoms with Crippen molar-refractivity contribution in [2.45, 2.75) is 13.0 Å². The molecule has 0 bridgehead atoms. The Morgan fingerprint density at radius 1 is 1.04 bits per heavy atom. The molecule has 1 aromatic heterocycles. The molecule has 0 saturated carbocycles. The monoisotopic (exact) mass is 382 g/mol. The van der Waals surface area contributed by atoms with Crippen LogP contribution in [-0.2, 0) is 4.79 Å². The van der Waals surface area contributed by atoms with Gasteiger partial charge >= 0.3 is 0 Å². The van der Waals surface area contributed by atoms with Gasteiger partial charge in [-0.05, 0) is 48.9 Å². The Balaban J connectivity index is 1.49. The number of nitrogens with one attached hydrogen (secondary N) is 1. The van der Waals surface area contributed by atoms with Gasteiger partial charge in [-0.15, -0.1) is 0 Å². The minimum atomic E-state index is -0.226. The number of halogens is 1. The highest BCUT2D eigenvalue weighted by molar-refractivity contribution is 6.31. The summed E-state index contributed by atoms with van der Waals surface area (Å²) < 4.78 is 11.1. The molecule has 3 aromatic rings. The summed E-state index contributed by atoms with van der Waals surface area (Å²) in [6.07, 6.45) is 1.66. The molecule has 0 spiro atoms. The van der Waals surface area contributed by atoms with Crippen LogP contribution in [0.25, 0.3) is 0 Å². The van der Waals surface area contributed by atoms with Gasteiger partial charge < -0.3 is 14.8 Å². The van der Waals surface area contributed by atoms with Crippen LogP contribution in [0, 0.1) is 0 Å². The zero-order valence-electron chi connectivity index (χ0n) is 14.8. The number of nitrogens with zero attached hydrogens (tertiary/aromatic N) is 1. The van der Waals surface area contributed by atoms with Gasteiger partial charge in [-0.25, -0.2) is 4.98 Å². The average Bonchev–Trinajstić information content (AvgIpc) is 2.68. The van der Waals surface area contributed by atoms with Gasteiger partial charge in [0.05, 0.1) is 6.04 Å². The van der Waals surface area contributed by atoms with E-state index in [1.54, 1.807) is 42.6 Å². The molecular weight excluding hydrogens is 364 g/mol. The zero-order valence-corrected chi connectivity index (χ0v) is 15.5. The summed E-state index contributed by atoms with van der Waals surface area (Å²) in [6.45, 7) is 1.79. The lowest BCUT2D eigenvalue weighted by Gasteiger charge is -2.16. The van der Waals surface area contributed by atoms with Crippen molar-refractivity contribution in [3.63, 3.8) is 0 Å². The van der Waals surface area contributed by atoms with Crippen molar-refractivity contribution < 1.29 is 14.3 Å². The number of amides is 1. The molecule has 5 nitrogen and oxygen atoms in total. The molecule has 2 aromatic carbocycles. The predicted octanol–water partition coefficient (Wildman–Crippen LogP) is 4.78. The number of carbonyl (C=O) groups is 1. The third-order valence-corrected chi connectivity index (χ3v) is 4.15. The highest BCUT2D eigenvalue weighted by Gasteiger charge is 2.12. The third kappa shape index (κ3) is 5.46. The van der Waals surface area contributed by atoms with Gasteiger partial charge in [0.25, 0.3) is 5.91 Å². The lowest BCUT2D eigenvalue weighted by Crippen LogP contribution is -2.31. The topological polar surface area (TPSA) is 60.5 Å². The second-order valence-corrected chi connectivity index (χ2v) is 6.25. The molecule has 27 heavy (non-hydrogen) atoms. The van der Waals surface area contributed by atoms with Crippen LogP contribution in [0.15, 0.2) is 72.9 Å². The van der Waals surface area contributed by atoms with E-state index in [1.807, 2.05) is 37.3 Å². The molecule has 138 valence electrons. The molecule has 0 fully saturated rings. The molecule has 0 saturated heterocycles. The lowest BCUT2D eigenvalue weighted by molar-refractivity contribution is -0.123. The van der Waals surface area contributed by atoms with Crippen molar-refractivity contribution in [2.75, 3.05) is 6.61 Å². The van der Waals surface area contributed by atoms with E-state index in [9.17, 15) is 4.79 Å². The quantitative estimate of drug-likeness (QED) is 0.638. The van der Waals surface area contributed by atoms with Crippen LogP contribution in [0.2, 0.25) is 5.02 Å². The molecule has 0 aliphatic heterocycles. The van der Waals surface area contributed by atoms with Crippen LogP contribution in [0.3, 0.4) is 0 Å². The summed E-state index contributed by atoms with van der Waals surface area (Å²) in [5, 5.41) is 3.49. The molecule has 0 radical (unpaired) electrons. The first kappa shape index (κ1) is 18.7. The Kier molecular flexibility index (Phi) is 6.28. The Morgan fingerprint density at radius 3 is 2.44 bits per heavy atom. The normalized spacial score (nSPS) is 11.5. The van der Waals surface area contributed by atoms with Gasteiger partial charge in [-0.1, -0.05) is 35.9 Å². The van der Waals surface area contributed by atoms with E-state index in [2.05, 4.69) is 10.3 Å². The van der Waals surface area contributed by atoms with Crippen LogP contribution in [-0.4, -0.2) is 17.5 Å². The molecule has 1 N–H and O–H groups in total. The summed E-state index contributed by atoms with van der Waals surface area (Å²) >= 11 is 6.15. The third-order valence-electron chi connectivity index (χ3n) is 3.80. The Bertz CT molecular complexity index is 885. The fourth-order valence-corrected chi connectivity index (χ4v) is 2.77. The summed E-state index contributed by atoms with van der Waals surface area (Å²) in [6, 6.07) is 19.6. The lowest BCUT2D eigenvalue weighted by atomic mass is 10.1. The van der Waals surface area contributed by atoms with E-state index in [4.69, 9.17) is 21.1 Å². The first-order valence-corrected chi connectivity index (χ1v) is 8.85. The molecule has 1 heterocycles. The summed E-state index contributed by atoms with van der Waals surface area (Å²) in [5.74, 6) is 1.50. The standard InChI is InChI=1S/C21H19ClN2O3/c1-15(18-6-2-3-7-19(18)22)24-20(25)14-26-16-9-11-17(12-10-16)27-21-8-4-5-13-23-21/h2-13,15H,14H2,1H3,(H,24,25). The van der Waals surface area contributed by atoms with E-state index in [0.717, 1.165) is 5.56 Å². The fraction of sp³-hybridized carbons (Fsp3) is 0.143. The number of pyridine rings is 1. The number of carbonyl (C=O) groups excluding carboxylic acids is 1. The van der Waals surface area contributed by atoms with Crippen molar-refractivity contribution in [3.8, 4) is 17.4 Å². The van der Waals surface area contributed by atoms with Crippen LogP contribution >= 0.6 is 11.6 Å². The zero-order chi connectivity index (χ0) is 19.1. The van der Waals surface area contributed by atoms with Crippen LogP contribution in [0.5, 0.6) is 17.4 Å². The van der Waals surface area contributed by atoms with E-state index in [1.165, 1.54) is 0 Å². The molecule has 1 unspecified atom stereocenters. The van der Waals surface area contributed by atoms with Crippen molar-refractivity contribution in [2.24, 2.45) is 0 Å². The van der Waals surface area contributed by atoms with Gasteiger partial charge in [0, 0.05) is 17.3 Å². The average molecular weight is 383 g/mol. The van der Waals surface area contributed by atoms with E-state index >= 15 is 0 Å². The van der Waals surface area contributed by atoms with Crippen LogP contribution in [0.1, 0.15) is 18.5 Å². The molecular formula is C21H19ClN2O3. The van der Waals surface area contributed by atoms with Crippen LogP contribution < -0.4 is 14.8 Å². The number of aromatic nitrogens is 1. The summed E-state index contributed by atoms with van der Waals surface area (Å²) in [4.78, 5) is 16.2. The number of rotatable bonds is 7. The fourth-order valence-electron chi connectivity index (χ4n) is 2.47. The molecule has 1 atom stereocenters. The first-order valence-electron chi connectivity index (χ1n) is 8.47. The minimum absolute atomic E-state index is 0.0881. The largest absolute Gasteiger partial charge is 0.484 e. The Hall–Kier alpha value is -3.05. The van der Waals surface area contributed by atoms with Gasteiger partial charge in [0.1, 0.15) is 11.5 Å². The van der Waals surface area contributed by atoms with Gasteiger partial charge in [0.2, 0.25) is 5.88 Å². The highest BCUT2D eigenvalue weighted by Crippen LogP contribution is 2.23. The molecule has 3 rings (SSSR count). The van der Waals surface area contributed by atoms with Gasteiger partial charge in [-0.2, -0.15) is 0 Å². The highest BCUT2D eigenvalue weighted by atomic mass is 35.5. The maximum Gasteiger partial charge on any atom is 0.258 e. The van der Waals surface area contributed by atoms with Gasteiger partial charge in [-0.3, -0.25) is 4.79 Å². The number of benzene rings is 2. The van der Waals surface area contributed by atoms with E-state index in [0.29, 0.717) is 22.4 Å². The Labute approximate surface area is 162 Å². The van der Waals surface area contributed by atoms with E-state index in [-0.39, 0.29) is 18.6 Å². The summed E-state index contributed by atoms with van der Waals surface area (Å²) in [7, 11) is 0. The maximum atomic E-state index is 12.1. The molecule has 1 amide bonds. The summed E-state index contributed by atoms with van der Waals surface area (Å²) in [5.41, 5.74) is 0.864. The van der Waals surface area contributed by atoms with Crippen molar-refractivity contribution >= 4 is 17.5 Å². The smallest absolute Gasteiger partial charge is 0.258 e. The SMILES string of the molecule is CC(NC(=O)COc1ccc(Oc2ccccn2)cc1)c1ccccc1Cl. The molecule has 0 aliphatic rings. The number of hydrogen-bond donors (Lipinski definition) is 1. The second kappa shape index (κ2) is 9.05. The number of ether oxygens (including phenoxy) is 2. The first-order chi connectivity index (χ1) is 13.1. The second-order valence-electron chi connectivity index (χ2n) is 5.84. The van der Waals surface area contributed by atoms with Gasteiger partial charge in [0.15, 0.2) is 6.61 Å². The van der Waals surface area contributed by atoms with E-state index < -0.39 is 0 Å². The molecule has 6 heteroatoms. The minimum Gasteiger partial charge on any atom is -0.484 e. The Morgan fingerprint density at radius 2 is 1.74 bits per heavy atom. The number of hydrogen-bond acceptors (Lipinski definition) is 4. The van der Waals surface area contributed by atoms with Crippen molar-refractivity contribution in [1.29, 1.82) is 0 Å². The predicted molar refractivity (Wildman–Crippen MR) is 104 cm³/mol.